The second kappa shape index (κ2) is 9.78. The Kier molecular flexibility index (Phi) is 7.05. The number of hydrogen-bond acceptors (Lipinski definition) is 7. The van der Waals surface area contributed by atoms with Crippen LogP contribution in [-0.2, 0) is 25.6 Å². The summed E-state index contributed by atoms with van der Waals surface area (Å²) >= 11 is 0. The van der Waals surface area contributed by atoms with E-state index in [0.29, 0.717) is 11.1 Å². The van der Waals surface area contributed by atoms with Gasteiger partial charge in [-0.3, -0.25) is 24.0 Å². The third-order valence-corrected chi connectivity index (χ3v) is 10.6. The summed E-state index contributed by atoms with van der Waals surface area (Å²) in [5.74, 6) is -8.82. The number of aromatic hydroxyl groups is 1. The molecule has 0 aromatic heterocycles. The predicted octanol–water partition coefficient (Wildman–Crippen LogP) is 5.50. The summed E-state index contributed by atoms with van der Waals surface area (Å²) in [6, 6.07) is 7.81. The zero-order chi connectivity index (χ0) is 32.1. The van der Waals surface area contributed by atoms with E-state index >= 15 is 0 Å². The first-order valence-electron chi connectivity index (χ1n) is 15.2. The molecule has 228 valence electrons. The Balaban J connectivity index is 1.78. The van der Waals surface area contributed by atoms with E-state index in [1.165, 1.54) is 0 Å². The molecule has 3 unspecified atom stereocenters. The van der Waals surface area contributed by atoms with Crippen LogP contribution in [0.5, 0.6) is 5.75 Å². The average Bonchev–Trinajstić information content (AvgIpc) is 2.85. The lowest BCUT2D eigenvalue weighted by Crippen LogP contribution is -2.76. The number of benzene rings is 2. The molecule has 7 heteroatoms. The molecule has 0 amide bonds. The minimum Gasteiger partial charge on any atom is -0.507 e. The van der Waals surface area contributed by atoms with Crippen LogP contribution in [0.1, 0.15) is 93.4 Å². The second-order valence-electron chi connectivity index (χ2n) is 14.6. The molecule has 6 atom stereocenters. The molecule has 0 saturated heterocycles. The van der Waals surface area contributed by atoms with Crippen molar-refractivity contribution in [3.63, 3.8) is 0 Å². The molecule has 2 saturated carbocycles. The number of aryl methyl sites for hydroxylation is 2. The van der Waals surface area contributed by atoms with Gasteiger partial charge in [0.2, 0.25) is 0 Å². The molecule has 2 aromatic carbocycles. The number of phenolic OH excluding ortho intramolecular Hbond substituents is 1. The van der Waals surface area contributed by atoms with E-state index in [1.54, 1.807) is 20.8 Å². The van der Waals surface area contributed by atoms with Crippen molar-refractivity contribution in [2.75, 3.05) is 0 Å². The van der Waals surface area contributed by atoms with Gasteiger partial charge in [0.15, 0.2) is 28.7 Å². The van der Waals surface area contributed by atoms with Crippen molar-refractivity contribution < 1.29 is 34.2 Å². The highest BCUT2D eigenvalue weighted by atomic mass is 16.3. The molecule has 43 heavy (non-hydrogen) atoms. The fraction of sp³-hybridized carbons (Fsp3) is 0.528. The average molecular weight is 587 g/mol. The summed E-state index contributed by atoms with van der Waals surface area (Å²) in [5.41, 5.74) is -0.490. The molecule has 0 spiro atoms. The molecular weight excluding hydrogens is 544 g/mol. The van der Waals surface area contributed by atoms with Gasteiger partial charge in [0, 0.05) is 16.9 Å². The van der Waals surface area contributed by atoms with Crippen LogP contribution in [0.2, 0.25) is 0 Å². The van der Waals surface area contributed by atoms with Crippen LogP contribution in [0, 0.1) is 48.3 Å². The second-order valence-corrected chi connectivity index (χ2v) is 14.6. The van der Waals surface area contributed by atoms with Crippen LogP contribution >= 0.6 is 0 Å². The first-order chi connectivity index (χ1) is 19.8. The molecule has 0 radical (unpaired) electrons. The third kappa shape index (κ3) is 4.07. The molecule has 0 heterocycles. The highest BCUT2D eigenvalue weighted by molar-refractivity contribution is 6.32. The van der Waals surface area contributed by atoms with Crippen LogP contribution in [0.15, 0.2) is 24.3 Å². The number of aliphatic hydroxyl groups is 1. The molecule has 2 aromatic rings. The van der Waals surface area contributed by atoms with E-state index in [0.717, 1.165) is 29.2 Å². The topological polar surface area (TPSA) is 126 Å². The molecule has 0 bridgehead atoms. The molecule has 3 aliphatic rings. The van der Waals surface area contributed by atoms with E-state index in [4.69, 9.17) is 0 Å². The van der Waals surface area contributed by atoms with Crippen LogP contribution < -0.4 is 0 Å². The largest absolute Gasteiger partial charge is 0.507 e. The van der Waals surface area contributed by atoms with Crippen molar-refractivity contribution in [2.24, 2.45) is 34.5 Å². The lowest BCUT2D eigenvalue weighted by molar-refractivity contribution is -0.205. The Morgan fingerprint density at radius 1 is 0.930 bits per heavy atom. The van der Waals surface area contributed by atoms with Gasteiger partial charge in [-0.05, 0) is 73.6 Å². The highest BCUT2D eigenvalue weighted by Crippen LogP contribution is 2.64. The van der Waals surface area contributed by atoms with Crippen molar-refractivity contribution in [2.45, 2.75) is 86.7 Å². The van der Waals surface area contributed by atoms with Crippen molar-refractivity contribution in [3.8, 4) is 16.9 Å². The lowest BCUT2D eigenvalue weighted by Gasteiger charge is -2.62. The monoisotopic (exact) mass is 586 g/mol. The standard InChI is InChI=1S/C36H42O7/c1-16(2)22-13-23(21-11-18(5)10-19(6)12-21)29(38)26-24(22)14-34(8)15-35(9)27(17(3)4)30(39)25(20(7)37)32(41)36(35,43)33(42)28(34)31(26)40/h10-13,16-17,25,27-28,38,43H,14-15H2,1-9H3/t25?,27?,28?,34-,35-,36+/m1/s1. The summed E-state index contributed by atoms with van der Waals surface area (Å²) in [4.78, 5) is 69.3. The molecule has 5 rings (SSSR count). The van der Waals surface area contributed by atoms with Crippen LogP contribution in [0.25, 0.3) is 11.1 Å². The molecule has 7 nitrogen and oxygen atoms in total. The molecule has 2 fully saturated rings. The van der Waals surface area contributed by atoms with Gasteiger partial charge in [-0.2, -0.15) is 0 Å². The number of ketones is 5. The zero-order valence-electron chi connectivity index (χ0n) is 26.5. The van der Waals surface area contributed by atoms with E-state index in [1.807, 2.05) is 58.9 Å². The number of carbonyl (C=O) groups excluding carboxylic acids is 5. The van der Waals surface area contributed by atoms with Gasteiger partial charge in [-0.25, -0.2) is 0 Å². The maximum absolute atomic E-state index is 14.6. The smallest absolute Gasteiger partial charge is 0.190 e. The summed E-state index contributed by atoms with van der Waals surface area (Å²) in [7, 11) is 0. The van der Waals surface area contributed by atoms with Gasteiger partial charge in [0.1, 0.15) is 17.5 Å². The summed E-state index contributed by atoms with van der Waals surface area (Å²) in [5, 5.41) is 24.0. The van der Waals surface area contributed by atoms with Crippen molar-refractivity contribution in [1.29, 1.82) is 0 Å². The number of rotatable bonds is 4. The van der Waals surface area contributed by atoms with Gasteiger partial charge in [-0.1, -0.05) is 70.9 Å². The van der Waals surface area contributed by atoms with Crippen molar-refractivity contribution in [1.82, 2.24) is 0 Å². The molecule has 3 aliphatic carbocycles. The number of phenols is 1. The van der Waals surface area contributed by atoms with Gasteiger partial charge >= 0.3 is 0 Å². The van der Waals surface area contributed by atoms with Crippen LogP contribution in [0.4, 0.5) is 0 Å². The lowest BCUT2D eigenvalue weighted by atomic mass is 9.39. The van der Waals surface area contributed by atoms with E-state index in [2.05, 4.69) is 0 Å². The highest BCUT2D eigenvalue weighted by Gasteiger charge is 2.76. The van der Waals surface area contributed by atoms with E-state index in [-0.39, 0.29) is 36.0 Å². The Hall–Kier alpha value is -3.45. The van der Waals surface area contributed by atoms with E-state index < -0.39 is 63.1 Å². The molecular formula is C36H42O7. The zero-order valence-corrected chi connectivity index (χ0v) is 26.5. The van der Waals surface area contributed by atoms with Gasteiger partial charge in [0.05, 0.1) is 11.5 Å². The van der Waals surface area contributed by atoms with Crippen LogP contribution in [0.3, 0.4) is 0 Å². The number of fused-ring (bicyclic) bond motifs is 3. The van der Waals surface area contributed by atoms with Gasteiger partial charge < -0.3 is 10.2 Å². The SMILES string of the molecule is CC(=O)C1C(=O)C(C(C)C)[C@@]2(C)C[C@@]3(C)Cc4c(C(C)C)cc(-c5cc(C)cc(C)c5)c(O)c4C(=O)C3C(=O)[C@@]2(O)C1=O. The fourth-order valence-corrected chi connectivity index (χ4v) is 9.10. The molecule has 2 N–H and O–H groups in total. The maximum Gasteiger partial charge on any atom is 0.190 e. The molecule has 0 aliphatic heterocycles. The van der Waals surface area contributed by atoms with Gasteiger partial charge in [-0.15, -0.1) is 0 Å². The van der Waals surface area contributed by atoms with Crippen molar-refractivity contribution >= 4 is 28.9 Å². The minimum absolute atomic E-state index is 0.0173. The summed E-state index contributed by atoms with van der Waals surface area (Å²) in [6.45, 7) is 16.0. The fourth-order valence-electron chi connectivity index (χ4n) is 9.10. The van der Waals surface area contributed by atoms with Gasteiger partial charge in [0.25, 0.3) is 0 Å². The Morgan fingerprint density at radius 3 is 2.02 bits per heavy atom. The predicted molar refractivity (Wildman–Crippen MR) is 162 cm³/mol. The first-order valence-corrected chi connectivity index (χ1v) is 15.2. The Bertz CT molecular complexity index is 1610. The first kappa shape index (κ1) is 31.0. The Labute approximate surface area is 253 Å². The van der Waals surface area contributed by atoms with E-state index in [9.17, 15) is 34.2 Å². The normalized spacial score (nSPS) is 32.1. The summed E-state index contributed by atoms with van der Waals surface area (Å²) < 4.78 is 0. The number of Topliss-reactive ketones (excluding diaryl/α,β-unsaturated/α-hetero) is 5. The quantitative estimate of drug-likeness (QED) is 0.453. The Morgan fingerprint density at radius 2 is 1.51 bits per heavy atom. The maximum atomic E-state index is 14.6. The number of carbonyl (C=O) groups is 5. The van der Waals surface area contributed by atoms with Crippen molar-refractivity contribution in [3.05, 3.63) is 52.1 Å². The number of hydrogen-bond donors (Lipinski definition) is 2. The third-order valence-electron chi connectivity index (χ3n) is 10.6. The minimum atomic E-state index is -2.70. The summed E-state index contributed by atoms with van der Waals surface area (Å²) in [6.07, 6.45) is 0.286. The van der Waals surface area contributed by atoms with Crippen LogP contribution in [-0.4, -0.2) is 44.7 Å².